The molecule has 1 rings (SSSR count). The van der Waals surface area contributed by atoms with E-state index in [0.717, 1.165) is 0 Å². The molecule has 1 N–H and O–H groups in total. The summed E-state index contributed by atoms with van der Waals surface area (Å²) < 4.78 is 4.82. The first-order valence-electron chi connectivity index (χ1n) is 4.68. The van der Waals surface area contributed by atoms with Crippen LogP contribution in [0.1, 0.15) is 27.6 Å². The molecule has 80 valence electrons. The Morgan fingerprint density at radius 2 is 1.73 bits per heavy atom. The fourth-order valence-corrected chi connectivity index (χ4v) is 1.12. The minimum absolute atomic E-state index is 0.176. The molecule has 0 saturated heterocycles. The minimum atomic E-state index is -0.374. The lowest BCUT2D eigenvalue weighted by atomic mass is 10.1. The molecule has 0 aliphatic heterocycles. The van der Waals surface area contributed by atoms with Crippen LogP contribution in [0.2, 0.25) is 0 Å². The van der Waals surface area contributed by atoms with Crippen LogP contribution in [0.3, 0.4) is 0 Å². The zero-order valence-corrected chi connectivity index (χ0v) is 8.74. The molecular weight excluding hydrogens is 194 g/mol. The smallest absolute Gasteiger partial charge is 0.338 e. The van der Waals surface area contributed by atoms with Gasteiger partial charge in [-0.1, -0.05) is 0 Å². The Bertz CT molecular complexity index is 357. The second-order valence-corrected chi connectivity index (χ2v) is 2.88. The van der Waals surface area contributed by atoms with Crippen LogP contribution >= 0.6 is 0 Å². The second-order valence-electron chi connectivity index (χ2n) is 2.88. The van der Waals surface area contributed by atoms with Gasteiger partial charge >= 0.3 is 5.97 Å². The fraction of sp³-hybridized carbons (Fsp3) is 0.273. The first-order valence-corrected chi connectivity index (χ1v) is 4.68. The summed E-state index contributed by atoms with van der Waals surface area (Å²) in [5.74, 6) is -0.550. The summed E-state index contributed by atoms with van der Waals surface area (Å²) in [4.78, 5) is 22.5. The Morgan fingerprint density at radius 3 is 2.20 bits per heavy atom. The first-order chi connectivity index (χ1) is 7.19. The van der Waals surface area contributed by atoms with Crippen molar-refractivity contribution in [2.24, 2.45) is 0 Å². The Hall–Kier alpha value is -1.84. The fourth-order valence-electron chi connectivity index (χ4n) is 1.12. The van der Waals surface area contributed by atoms with Crippen molar-refractivity contribution in [1.82, 2.24) is 5.32 Å². The highest BCUT2D eigenvalue weighted by Crippen LogP contribution is 2.05. The van der Waals surface area contributed by atoms with Crippen molar-refractivity contribution in [1.29, 1.82) is 0 Å². The maximum atomic E-state index is 11.3. The lowest BCUT2D eigenvalue weighted by Crippen LogP contribution is -2.17. The van der Waals surface area contributed by atoms with Crippen molar-refractivity contribution in [2.45, 2.75) is 6.92 Å². The zero-order chi connectivity index (χ0) is 11.3. The van der Waals surface area contributed by atoms with Crippen molar-refractivity contribution < 1.29 is 14.3 Å². The third-order valence-corrected chi connectivity index (χ3v) is 1.89. The Balaban J connectivity index is 2.80. The number of ether oxygens (including phenoxy) is 1. The number of benzene rings is 1. The highest BCUT2D eigenvalue weighted by molar-refractivity contribution is 5.96. The highest BCUT2D eigenvalue weighted by Gasteiger charge is 2.07. The van der Waals surface area contributed by atoms with Gasteiger partial charge in [-0.25, -0.2) is 4.79 Å². The van der Waals surface area contributed by atoms with E-state index in [2.05, 4.69) is 5.32 Å². The average Bonchev–Trinajstić information content (AvgIpc) is 2.28. The van der Waals surface area contributed by atoms with E-state index >= 15 is 0 Å². The predicted molar refractivity (Wildman–Crippen MR) is 55.8 cm³/mol. The molecule has 1 aromatic carbocycles. The Morgan fingerprint density at radius 1 is 1.20 bits per heavy atom. The van der Waals surface area contributed by atoms with E-state index in [-0.39, 0.29) is 11.9 Å². The van der Waals surface area contributed by atoms with Gasteiger partial charge in [0.2, 0.25) is 0 Å². The van der Waals surface area contributed by atoms with Gasteiger partial charge in [0.05, 0.1) is 12.2 Å². The molecule has 4 nitrogen and oxygen atoms in total. The molecule has 0 aromatic heterocycles. The van der Waals surface area contributed by atoms with E-state index in [1.807, 2.05) is 0 Å². The molecular formula is C11H13NO3. The average molecular weight is 207 g/mol. The number of nitrogens with one attached hydrogen (secondary N) is 1. The SMILES string of the molecule is CCOC(=O)c1ccc(C(=O)NC)cc1. The van der Waals surface area contributed by atoms with Gasteiger partial charge in [0.25, 0.3) is 5.91 Å². The summed E-state index contributed by atoms with van der Waals surface area (Å²) in [6.45, 7) is 2.09. The standard InChI is InChI=1S/C11H13NO3/c1-3-15-11(14)9-6-4-8(5-7-9)10(13)12-2/h4-7H,3H2,1-2H3,(H,12,13). The number of carbonyl (C=O) groups excluding carboxylic acids is 2. The lowest BCUT2D eigenvalue weighted by molar-refractivity contribution is 0.0526. The van der Waals surface area contributed by atoms with Crippen LogP contribution < -0.4 is 5.32 Å². The van der Waals surface area contributed by atoms with Crippen LogP contribution in [0, 0.1) is 0 Å². The second kappa shape index (κ2) is 5.14. The first kappa shape index (κ1) is 11.2. The summed E-state index contributed by atoms with van der Waals surface area (Å²) in [5, 5.41) is 2.50. The topological polar surface area (TPSA) is 55.4 Å². The summed E-state index contributed by atoms with van der Waals surface area (Å²) in [7, 11) is 1.56. The van der Waals surface area contributed by atoms with E-state index in [4.69, 9.17) is 4.74 Å². The highest BCUT2D eigenvalue weighted by atomic mass is 16.5. The number of carbonyl (C=O) groups is 2. The van der Waals surface area contributed by atoms with Crippen molar-refractivity contribution in [2.75, 3.05) is 13.7 Å². The number of hydrogen-bond acceptors (Lipinski definition) is 3. The molecule has 0 heterocycles. The van der Waals surface area contributed by atoms with Gasteiger partial charge in [0.1, 0.15) is 0 Å². The van der Waals surface area contributed by atoms with Crippen LogP contribution in [-0.2, 0) is 4.74 Å². The molecule has 0 atom stereocenters. The monoisotopic (exact) mass is 207 g/mol. The van der Waals surface area contributed by atoms with Crippen LogP contribution in [-0.4, -0.2) is 25.5 Å². The van der Waals surface area contributed by atoms with Crippen LogP contribution in [0.4, 0.5) is 0 Å². The number of rotatable bonds is 3. The third kappa shape index (κ3) is 2.80. The van der Waals surface area contributed by atoms with Gasteiger partial charge in [0, 0.05) is 12.6 Å². The van der Waals surface area contributed by atoms with E-state index in [1.54, 1.807) is 38.2 Å². The lowest BCUT2D eigenvalue weighted by Gasteiger charge is -2.02. The molecule has 0 fully saturated rings. The molecule has 1 amide bonds. The van der Waals surface area contributed by atoms with Crippen molar-refractivity contribution in [3.8, 4) is 0 Å². The maximum Gasteiger partial charge on any atom is 0.338 e. The van der Waals surface area contributed by atoms with Crippen LogP contribution in [0.25, 0.3) is 0 Å². The molecule has 0 radical (unpaired) electrons. The molecule has 0 aliphatic carbocycles. The molecule has 0 saturated carbocycles. The number of hydrogen-bond donors (Lipinski definition) is 1. The minimum Gasteiger partial charge on any atom is -0.462 e. The van der Waals surface area contributed by atoms with Crippen LogP contribution in [0.5, 0.6) is 0 Å². The van der Waals surface area contributed by atoms with E-state index < -0.39 is 0 Å². The van der Waals surface area contributed by atoms with E-state index in [1.165, 1.54) is 0 Å². The van der Waals surface area contributed by atoms with Crippen LogP contribution in [0.15, 0.2) is 24.3 Å². The molecule has 0 bridgehead atoms. The van der Waals surface area contributed by atoms with Gasteiger partial charge in [-0.3, -0.25) is 4.79 Å². The van der Waals surface area contributed by atoms with Gasteiger partial charge in [-0.15, -0.1) is 0 Å². The Labute approximate surface area is 88.2 Å². The van der Waals surface area contributed by atoms with E-state index in [0.29, 0.717) is 17.7 Å². The van der Waals surface area contributed by atoms with Gasteiger partial charge < -0.3 is 10.1 Å². The summed E-state index contributed by atoms with van der Waals surface area (Å²) in [5.41, 5.74) is 0.968. The largest absolute Gasteiger partial charge is 0.462 e. The summed E-state index contributed by atoms with van der Waals surface area (Å²) in [6.07, 6.45) is 0. The molecule has 15 heavy (non-hydrogen) atoms. The van der Waals surface area contributed by atoms with Gasteiger partial charge in [0.15, 0.2) is 0 Å². The maximum absolute atomic E-state index is 11.3. The molecule has 0 aliphatic rings. The number of esters is 1. The molecule has 0 spiro atoms. The van der Waals surface area contributed by atoms with Crippen molar-refractivity contribution >= 4 is 11.9 Å². The van der Waals surface area contributed by atoms with Crippen molar-refractivity contribution in [3.05, 3.63) is 35.4 Å². The van der Waals surface area contributed by atoms with Gasteiger partial charge in [-0.05, 0) is 31.2 Å². The molecule has 4 heteroatoms. The molecule has 0 unspecified atom stereocenters. The predicted octanol–water partition coefficient (Wildman–Crippen LogP) is 1.22. The Kier molecular flexibility index (Phi) is 3.85. The summed E-state index contributed by atoms with van der Waals surface area (Å²) in [6, 6.07) is 6.32. The zero-order valence-electron chi connectivity index (χ0n) is 8.74. The van der Waals surface area contributed by atoms with Gasteiger partial charge in [-0.2, -0.15) is 0 Å². The summed E-state index contributed by atoms with van der Waals surface area (Å²) >= 11 is 0. The van der Waals surface area contributed by atoms with Crippen molar-refractivity contribution in [3.63, 3.8) is 0 Å². The van der Waals surface area contributed by atoms with E-state index in [9.17, 15) is 9.59 Å². The third-order valence-electron chi connectivity index (χ3n) is 1.89. The molecule has 1 aromatic rings. The quantitative estimate of drug-likeness (QED) is 0.758. The number of amides is 1. The normalized spacial score (nSPS) is 9.47.